The molecule has 0 aliphatic carbocycles. The summed E-state index contributed by atoms with van der Waals surface area (Å²) in [5.74, 6) is 1.58. The van der Waals surface area contributed by atoms with Crippen LogP contribution in [0.15, 0.2) is 60.9 Å². The van der Waals surface area contributed by atoms with Crippen molar-refractivity contribution in [2.75, 3.05) is 4.90 Å². The number of aliphatic hydroxyl groups excluding tert-OH is 1. The molecule has 0 amide bonds. The van der Waals surface area contributed by atoms with Gasteiger partial charge in [0.05, 0.1) is 6.61 Å². The molecule has 2 N–H and O–H groups in total. The van der Waals surface area contributed by atoms with Gasteiger partial charge in [-0.2, -0.15) is 0 Å². The molecule has 0 saturated heterocycles. The molecule has 142 valence electrons. The van der Waals surface area contributed by atoms with Crippen LogP contribution in [0.4, 0.5) is 5.82 Å². The third-order valence-electron chi connectivity index (χ3n) is 4.77. The van der Waals surface area contributed by atoms with Crippen molar-refractivity contribution in [1.29, 1.82) is 0 Å². The molecule has 6 nitrogen and oxygen atoms in total. The van der Waals surface area contributed by atoms with Crippen LogP contribution in [0.1, 0.15) is 25.0 Å². The number of benzene rings is 2. The van der Waals surface area contributed by atoms with E-state index in [1.54, 1.807) is 6.33 Å². The van der Waals surface area contributed by atoms with Gasteiger partial charge in [-0.25, -0.2) is 15.0 Å². The van der Waals surface area contributed by atoms with E-state index < -0.39 is 0 Å². The Morgan fingerprint density at radius 2 is 1.71 bits per heavy atom. The van der Waals surface area contributed by atoms with Gasteiger partial charge in [-0.15, -0.1) is 0 Å². The van der Waals surface area contributed by atoms with Crippen LogP contribution in [0, 0.1) is 0 Å². The van der Waals surface area contributed by atoms with Gasteiger partial charge in [-0.1, -0.05) is 54.6 Å². The number of aliphatic hydroxyl groups is 1. The van der Waals surface area contributed by atoms with Gasteiger partial charge < -0.3 is 15.0 Å². The van der Waals surface area contributed by atoms with E-state index in [1.807, 2.05) is 42.5 Å². The highest BCUT2D eigenvalue weighted by Crippen LogP contribution is 2.27. The zero-order valence-corrected chi connectivity index (χ0v) is 16.0. The molecule has 4 rings (SSSR count). The zero-order valence-electron chi connectivity index (χ0n) is 16.0. The molecular formula is C22H23N5O. The highest BCUT2D eigenvalue weighted by atomic mass is 16.3. The number of anilines is 1. The van der Waals surface area contributed by atoms with Crippen molar-refractivity contribution >= 4 is 17.0 Å². The second-order valence-corrected chi connectivity index (χ2v) is 7.04. The normalized spacial score (nSPS) is 11.3. The quantitative estimate of drug-likeness (QED) is 0.535. The Kier molecular flexibility index (Phi) is 5.04. The predicted molar refractivity (Wildman–Crippen MR) is 111 cm³/mol. The van der Waals surface area contributed by atoms with Crippen molar-refractivity contribution in [2.45, 2.75) is 33.0 Å². The molecule has 0 bridgehead atoms. The van der Waals surface area contributed by atoms with Crippen LogP contribution < -0.4 is 4.90 Å². The van der Waals surface area contributed by atoms with Gasteiger partial charge in [0.1, 0.15) is 17.7 Å². The van der Waals surface area contributed by atoms with Crippen molar-refractivity contribution in [1.82, 2.24) is 19.9 Å². The number of H-pyrrole nitrogens is 1. The largest absolute Gasteiger partial charge is 0.392 e. The van der Waals surface area contributed by atoms with Gasteiger partial charge in [0, 0.05) is 18.2 Å². The first-order valence-corrected chi connectivity index (χ1v) is 9.37. The third-order valence-corrected chi connectivity index (χ3v) is 4.77. The van der Waals surface area contributed by atoms with E-state index in [4.69, 9.17) is 0 Å². The Morgan fingerprint density at radius 3 is 2.39 bits per heavy atom. The van der Waals surface area contributed by atoms with Gasteiger partial charge >= 0.3 is 0 Å². The fraction of sp³-hybridized carbons (Fsp3) is 0.227. The molecule has 0 aliphatic rings. The molecule has 0 saturated carbocycles. The number of rotatable bonds is 6. The lowest BCUT2D eigenvalue weighted by Crippen LogP contribution is -2.31. The van der Waals surface area contributed by atoms with Crippen molar-refractivity contribution in [3.63, 3.8) is 0 Å². The minimum Gasteiger partial charge on any atom is -0.392 e. The molecule has 6 heteroatoms. The third kappa shape index (κ3) is 3.59. The van der Waals surface area contributed by atoms with E-state index in [0.29, 0.717) is 5.65 Å². The maximum atomic E-state index is 9.24. The van der Waals surface area contributed by atoms with Crippen LogP contribution in [0.3, 0.4) is 0 Å². The number of aromatic amines is 1. The molecule has 2 aromatic carbocycles. The second-order valence-electron chi connectivity index (χ2n) is 7.04. The average Bonchev–Trinajstić information content (AvgIpc) is 3.17. The van der Waals surface area contributed by atoms with Crippen LogP contribution in [-0.2, 0) is 13.2 Å². The van der Waals surface area contributed by atoms with Crippen molar-refractivity contribution < 1.29 is 5.11 Å². The minimum absolute atomic E-state index is 0.0267. The molecule has 0 fully saturated rings. The Hall–Kier alpha value is -3.25. The summed E-state index contributed by atoms with van der Waals surface area (Å²) >= 11 is 0. The van der Waals surface area contributed by atoms with E-state index in [2.05, 4.69) is 50.8 Å². The maximum absolute atomic E-state index is 9.24. The summed E-state index contributed by atoms with van der Waals surface area (Å²) in [6, 6.07) is 18.3. The fourth-order valence-corrected chi connectivity index (χ4v) is 3.22. The molecule has 0 radical (unpaired) electrons. The number of hydrogen-bond acceptors (Lipinski definition) is 5. The van der Waals surface area contributed by atoms with E-state index in [-0.39, 0.29) is 12.6 Å². The lowest BCUT2D eigenvalue weighted by atomic mass is 10.1. The SMILES string of the molecule is CC(C)N(Cc1ccccc1)c1ncnc2nc(-c3ccc(CO)cc3)[nH]c12. The molecule has 0 unspecified atom stereocenters. The lowest BCUT2D eigenvalue weighted by Gasteiger charge is -2.28. The molecule has 0 spiro atoms. The molecule has 2 aromatic heterocycles. The van der Waals surface area contributed by atoms with Gasteiger partial charge in [-0.3, -0.25) is 0 Å². The summed E-state index contributed by atoms with van der Waals surface area (Å²) in [4.78, 5) is 19.2. The van der Waals surface area contributed by atoms with Gasteiger partial charge in [-0.05, 0) is 25.0 Å². The Labute approximate surface area is 163 Å². The summed E-state index contributed by atoms with van der Waals surface area (Å²) in [5, 5.41) is 9.24. The summed E-state index contributed by atoms with van der Waals surface area (Å²) in [7, 11) is 0. The summed E-state index contributed by atoms with van der Waals surface area (Å²) < 4.78 is 0. The first-order valence-electron chi connectivity index (χ1n) is 9.37. The van der Waals surface area contributed by atoms with Crippen molar-refractivity contribution in [2.24, 2.45) is 0 Å². The number of fused-ring (bicyclic) bond motifs is 1. The van der Waals surface area contributed by atoms with Gasteiger partial charge in [0.25, 0.3) is 0 Å². The Bertz CT molecular complexity index is 1060. The molecule has 4 aromatic rings. The average molecular weight is 373 g/mol. The topological polar surface area (TPSA) is 77.9 Å². The van der Waals surface area contributed by atoms with E-state index in [0.717, 1.165) is 34.8 Å². The van der Waals surface area contributed by atoms with E-state index in [1.165, 1.54) is 5.56 Å². The molecule has 2 heterocycles. The smallest absolute Gasteiger partial charge is 0.183 e. The Morgan fingerprint density at radius 1 is 0.964 bits per heavy atom. The number of aromatic nitrogens is 4. The summed E-state index contributed by atoms with van der Waals surface area (Å²) in [6.07, 6.45) is 1.57. The molecular weight excluding hydrogens is 350 g/mol. The van der Waals surface area contributed by atoms with Crippen LogP contribution in [0.5, 0.6) is 0 Å². The van der Waals surface area contributed by atoms with Crippen LogP contribution in [-0.4, -0.2) is 31.1 Å². The fourth-order valence-electron chi connectivity index (χ4n) is 3.22. The molecule has 28 heavy (non-hydrogen) atoms. The summed E-state index contributed by atoms with van der Waals surface area (Å²) in [5.41, 5.74) is 4.51. The summed E-state index contributed by atoms with van der Waals surface area (Å²) in [6.45, 7) is 5.09. The minimum atomic E-state index is 0.0267. The highest BCUT2D eigenvalue weighted by molar-refractivity contribution is 5.86. The maximum Gasteiger partial charge on any atom is 0.183 e. The first kappa shape index (κ1) is 18.1. The molecule has 0 aliphatic heterocycles. The van der Waals surface area contributed by atoms with E-state index in [9.17, 15) is 5.11 Å². The monoisotopic (exact) mass is 373 g/mol. The number of imidazole rings is 1. The van der Waals surface area contributed by atoms with Gasteiger partial charge in [0.2, 0.25) is 0 Å². The first-order chi connectivity index (χ1) is 13.7. The lowest BCUT2D eigenvalue weighted by molar-refractivity contribution is 0.282. The number of nitrogens with one attached hydrogen (secondary N) is 1. The van der Waals surface area contributed by atoms with Gasteiger partial charge in [0.15, 0.2) is 11.5 Å². The van der Waals surface area contributed by atoms with E-state index >= 15 is 0 Å². The standard InChI is InChI=1S/C22H23N5O/c1-15(2)27(12-16-6-4-3-5-7-16)22-19-21(23-14-24-22)26-20(25-19)18-10-8-17(13-28)9-11-18/h3-11,14-15,28H,12-13H2,1-2H3,(H,23,24,25,26). The molecule has 0 atom stereocenters. The number of hydrogen-bond donors (Lipinski definition) is 2. The van der Waals surface area contributed by atoms with Crippen molar-refractivity contribution in [3.8, 4) is 11.4 Å². The predicted octanol–water partition coefficient (Wildman–Crippen LogP) is 3.93. The van der Waals surface area contributed by atoms with Crippen molar-refractivity contribution in [3.05, 3.63) is 72.1 Å². The highest BCUT2D eigenvalue weighted by Gasteiger charge is 2.19. The number of nitrogens with zero attached hydrogens (tertiary/aromatic N) is 4. The second kappa shape index (κ2) is 7.78. The zero-order chi connectivity index (χ0) is 19.5. The van der Waals surface area contributed by atoms with Crippen LogP contribution in [0.2, 0.25) is 0 Å². The van der Waals surface area contributed by atoms with Crippen LogP contribution >= 0.6 is 0 Å². The van der Waals surface area contributed by atoms with Crippen LogP contribution in [0.25, 0.3) is 22.6 Å². The Balaban J connectivity index is 1.74.